The van der Waals surface area contributed by atoms with Gasteiger partial charge in [0.1, 0.15) is 19.3 Å². The Morgan fingerprint density at radius 2 is 0.782 bits per heavy atom. The van der Waals surface area contributed by atoms with Crippen LogP contribution < -0.4 is 10.2 Å². The van der Waals surface area contributed by atoms with Gasteiger partial charge in [-0.25, -0.2) is 0 Å². The molecule has 0 aromatic carbocycles. The van der Waals surface area contributed by atoms with Crippen LogP contribution in [0.5, 0.6) is 0 Å². The zero-order chi connectivity index (χ0) is 57.2. The monoisotopic (exact) mass is 1120 g/mol. The maximum absolute atomic E-state index is 13.6. The molecule has 10 heteroatoms. The summed E-state index contributed by atoms with van der Waals surface area (Å²) in [6, 6.07) is -0.888. The van der Waals surface area contributed by atoms with E-state index in [9.17, 15) is 19.0 Å². The quantitative estimate of drug-likeness (QED) is 0.0212. The average molecular weight is 1120 g/mol. The lowest BCUT2D eigenvalue weighted by molar-refractivity contribution is -0.870. The van der Waals surface area contributed by atoms with Gasteiger partial charge in [-0.05, 0) is 63.9 Å². The SMILES string of the molecule is CCCCC/C=C\C/C=C\CCCCCCCCCC(=O)OC(/C=C/CCCCCCCCCCCC)C(COP(=O)([O-])OCC[N+](C)(C)C)NC(=O)CCCCCCCCCCCCCCCCCCCCCCCCC. The van der Waals surface area contributed by atoms with Crippen LogP contribution in [0.4, 0.5) is 0 Å². The predicted octanol–water partition coefficient (Wildman–Crippen LogP) is 20.4. The number of quaternary nitrogens is 1. The molecule has 0 aromatic rings. The van der Waals surface area contributed by atoms with E-state index in [0.29, 0.717) is 17.4 Å². The van der Waals surface area contributed by atoms with Gasteiger partial charge in [0.25, 0.3) is 7.82 Å². The van der Waals surface area contributed by atoms with Crippen LogP contribution in [-0.4, -0.2) is 69.4 Å². The number of carbonyl (C=O) groups excluding carboxylic acids is 2. The number of phosphoric ester groups is 1. The molecule has 0 heterocycles. The average Bonchev–Trinajstić information content (AvgIpc) is 3.40. The van der Waals surface area contributed by atoms with Gasteiger partial charge in [-0.2, -0.15) is 0 Å². The molecule has 0 saturated carbocycles. The highest BCUT2D eigenvalue weighted by Gasteiger charge is 2.27. The lowest BCUT2D eigenvalue weighted by Crippen LogP contribution is -2.47. The highest BCUT2D eigenvalue weighted by molar-refractivity contribution is 7.45. The van der Waals surface area contributed by atoms with Crippen LogP contribution in [-0.2, 0) is 27.9 Å². The second-order valence-corrected chi connectivity index (χ2v) is 25.7. The minimum absolute atomic E-state index is 0.0211. The van der Waals surface area contributed by atoms with Crippen molar-refractivity contribution in [2.45, 2.75) is 348 Å². The molecule has 0 aliphatic heterocycles. The van der Waals surface area contributed by atoms with Crippen molar-refractivity contribution in [1.82, 2.24) is 5.32 Å². The maximum atomic E-state index is 13.6. The zero-order valence-electron chi connectivity index (χ0n) is 52.6. The van der Waals surface area contributed by atoms with Gasteiger partial charge >= 0.3 is 5.97 Å². The molecule has 1 N–H and O–H groups in total. The van der Waals surface area contributed by atoms with E-state index in [1.54, 1.807) is 0 Å². The molecule has 0 aliphatic carbocycles. The van der Waals surface area contributed by atoms with Crippen molar-refractivity contribution in [1.29, 1.82) is 0 Å². The first-order valence-corrected chi connectivity index (χ1v) is 35.3. The van der Waals surface area contributed by atoms with Crippen LogP contribution >= 0.6 is 7.82 Å². The number of hydrogen-bond acceptors (Lipinski definition) is 7. The van der Waals surface area contributed by atoms with Crippen LogP contribution in [0, 0.1) is 0 Å². The van der Waals surface area contributed by atoms with Gasteiger partial charge in [-0.3, -0.25) is 14.2 Å². The normalized spacial score (nSPS) is 13.8. The van der Waals surface area contributed by atoms with Gasteiger partial charge in [0.05, 0.1) is 33.8 Å². The molecule has 3 atom stereocenters. The van der Waals surface area contributed by atoms with Crippen molar-refractivity contribution in [2.75, 3.05) is 40.9 Å². The van der Waals surface area contributed by atoms with Crippen molar-refractivity contribution in [3.8, 4) is 0 Å². The second kappa shape index (κ2) is 58.4. The third kappa shape index (κ3) is 58.9. The van der Waals surface area contributed by atoms with E-state index >= 15 is 0 Å². The van der Waals surface area contributed by atoms with Crippen LogP contribution in [0.25, 0.3) is 0 Å². The summed E-state index contributed by atoms with van der Waals surface area (Å²) in [5.74, 6) is -0.533. The summed E-state index contributed by atoms with van der Waals surface area (Å²) in [5.41, 5.74) is 0. The molecule has 0 aliphatic rings. The molecule has 78 heavy (non-hydrogen) atoms. The van der Waals surface area contributed by atoms with Crippen LogP contribution in [0.2, 0.25) is 0 Å². The minimum atomic E-state index is -4.70. The first-order chi connectivity index (χ1) is 37.9. The Hall–Kier alpha value is -1.77. The van der Waals surface area contributed by atoms with Crippen molar-refractivity contribution in [2.24, 2.45) is 0 Å². The molecule has 3 unspecified atom stereocenters. The summed E-state index contributed by atoms with van der Waals surface area (Å²) >= 11 is 0. The number of amides is 1. The van der Waals surface area contributed by atoms with E-state index in [1.165, 1.54) is 225 Å². The summed E-state index contributed by atoms with van der Waals surface area (Å²) in [6.45, 7) is 6.86. The maximum Gasteiger partial charge on any atom is 0.306 e. The molecule has 0 aromatic heterocycles. The first-order valence-electron chi connectivity index (χ1n) is 33.8. The Bertz CT molecular complexity index is 1430. The third-order valence-corrected chi connectivity index (χ3v) is 16.3. The van der Waals surface area contributed by atoms with Gasteiger partial charge in [-0.1, -0.05) is 295 Å². The highest BCUT2D eigenvalue weighted by Crippen LogP contribution is 2.38. The number of carbonyl (C=O) groups is 2. The molecule has 0 bridgehead atoms. The molecular formula is C68H131N2O7P. The van der Waals surface area contributed by atoms with Crippen LogP contribution in [0.3, 0.4) is 0 Å². The van der Waals surface area contributed by atoms with E-state index < -0.39 is 20.0 Å². The number of unbranched alkanes of at least 4 members (excludes halogenated alkanes) is 42. The Balaban J connectivity index is 5.10. The molecule has 0 radical (unpaired) electrons. The number of nitrogens with zero attached hydrogens (tertiary/aromatic N) is 1. The molecule has 0 spiro atoms. The summed E-state index contributed by atoms with van der Waals surface area (Å²) in [4.78, 5) is 40.1. The second-order valence-electron chi connectivity index (χ2n) is 24.3. The Kier molecular flexibility index (Phi) is 57.1. The van der Waals surface area contributed by atoms with Gasteiger partial charge in [0.2, 0.25) is 5.91 Å². The summed E-state index contributed by atoms with van der Waals surface area (Å²) < 4.78 is 30.4. The van der Waals surface area contributed by atoms with Crippen molar-refractivity contribution in [3.05, 3.63) is 36.5 Å². The number of allylic oxidation sites excluding steroid dienone is 5. The van der Waals surface area contributed by atoms with Crippen molar-refractivity contribution >= 4 is 19.7 Å². The highest BCUT2D eigenvalue weighted by atomic mass is 31.2. The molecule has 9 nitrogen and oxygen atoms in total. The van der Waals surface area contributed by atoms with Gasteiger partial charge in [0.15, 0.2) is 0 Å². The Morgan fingerprint density at radius 3 is 1.18 bits per heavy atom. The minimum Gasteiger partial charge on any atom is -0.756 e. The number of rotatable bonds is 62. The first kappa shape index (κ1) is 76.2. The van der Waals surface area contributed by atoms with E-state index in [2.05, 4.69) is 50.4 Å². The summed E-state index contributed by atoms with van der Waals surface area (Å²) in [6.07, 6.45) is 71.2. The number of hydrogen-bond donors (Lipinski definition) is 1. The van der Waals surface area contributed by atoms with Crippen LogP contribution in [0.1, 0.15) is 335 Å². The zero-order valence-corrected chi connectivity index (χ0v) is 53.5. The van der Waals surface area contributed by atoms with E-state index in [1.807, 2.05) is 33.3 Å². The molecule has 0 fully saturated rings. The topological polar surface area (TPSA) is 114 Å². The largest absolute Gasteiger partial charge is 0.756 e. The third-order valence-electron chi connectivity index (χ3n) is 15.3. The molecule has 0 rings (SSSR count). The Morgan fingerprint density at radius 1 is 0.449 bits per heavy atom. The predicted molar refractivity (Wildman–Crippen MR) is 335 cm³/mol. The lowest BCUT2D eigenvalue weighted by atomic mass is 10.0. The summed E-state index contributed by atoms with van der Waals surface area (Å²) in [5, 5.41) is 3.04. The number of esters is 1. The molecule has 460 valence electrons. The fourth-order valence-electron chi connectivity index (χ4n) is 10.1. The molecule has 1 amide bonds. The smallest absolute Gasteiger partial charge is 0.306 e. The van der Waals surface area contributed by atoms with Gasteiger partial charge in [-0.15, -0.1) is 0 Å². The lowest BCUT2D eigenvalue weighted by Gasteiger charge is -2.30. The van der Waals surface area contributed by atoms with Gasteiger partial charge in [0, 0.05) is 12.8 Å². The van der Waals surface area contributed by atoms with Gasteiger partial charge < -0.3 is 28.5 Å². The van der Waals surface area contributed by atoms with Crippen LogP contribution in [0.15, 0.2) is 36.5 Å². The number of ether oxygens (including phenoxy) is 1. The fourth-order valence-corrected chi connectivity index (χ4v) is 10.8. The van der Waals surface area contributed by atoms with E-state index in [4.69, 9.17) is 13.8 Å². The van der Waals surface area contributed by atoms with Crippen molar-refractivity contribution < 1.29 is 37.3 Å². The molecular weight excluding hydrogens is 988 g/mol. The Labute approximate surface area is 485 Å². The number of likely N-dealkylation sites (N-methyl/N-ethyl adjacent to an activating group) is 1. The van der Waals surface area contributed by atoms with Crippen molar-refractivity contribution in [3.63, 3.8) is 0 Å². The fraction of sp³-hybridized carbons (Fsp3) is 0.882. The molecule has 0 saturated heterocycles. The standard InChI is InChI=1S/C68H131N2O7P/c1-7-10-13-16-19-22-25-28-30-32-33-34-35-36-37-39-40-42-45-48-51-54-57-60-67(71)69-65(64-76-78(73,74)75-63-62-70(4,5)6)66(59-56-53-50-47-44-27-24-21-18-15-12-9-3)77-68(72)61-58-55-52-49-46-43-41-38-31-29-26-23-20-17-14-11-8-2/h20,23,29,31,56,59,65-66H,7-19,21-22,24-28,30,32-55,57-58,60-64H2,1-6H3,(H-,69,71,73,74)/b23-20-,31-29-,59-56+. The van der Waals surface area contributed by atoms with E-state index in [-0.39, 0.29) is 31.5 Å². The summed E-state index contributed by atoms with van der Waals surface area (Å²) in [7, 11) is 1.19. The van der Waals surface area contributed by atoms with E-state index in [0.717, 1.165) is 77.0 Å². The number of phosphoric acid groups is 1. The number of nitrogens with one attached hydrogen (secondary N) is 1.